The molecule has 0 unspecified atom stereocenters. The Morgan fingerprint density at radius 1 is 0.870 bits per heavy atom. The van der Waals surface area contributed by atoms with Crippen LogP contribution in [0.2, 0.25) is 0 Å². The first-order valence-electron chi connectivity index (χ1n) is 8.98. The van der Waals surface area contributed by atoms with Crippen LogP contribution in [0.3, 0.4) is 0 Å². The van der Waals surface area contributed by atoms with Gasteiger partial charge in [0, 0.05) is 17.8 Å². The van der Waals surface area contributed by atoms with Crippen molar-refractivity contribution in [1.29, 1.82) is 0 Å². The van der Waals surface area contributed by atoms with Crippen LogP contribution in [0.15, 0.2) is 24.3 Å². The summed E-state index contributed by atoms with van der Waals surface area (Å²) in [6.45, 7) is 3.31. The predicted molar refractivity (Wildman–Crippen MR) is 95.3 cm³/mol. The highest BCUT2D eigenvalue weighted by atomic mass is 15.5. The van der Waals surface area contributed by atoms with Crippen molar-refractivity contribution < 1.29 is 0 Å². The molecule has 1 aromatic heterocycles. The summed E-state index contributed by atoms with van der Waals surface area (Å²) in [6.07, 6.45) is 12.3. The quantitative estimate of drug-likeness (QED) is 0.552. The predicted octanol–water partition coefficient (Wildman–Crippen LogP) is 4.81. The normalized spacial score (nSPS) is 10.8. The first-order chi connectivity index (χ1) is 11.4. The van der Waals surface area contributed by atoms with Gasteiger partial charge in [-0.15, -0.1) is 10.2 Å². The number of benzene rings is 1. The molecule has 2 rings (SSSR count). The van der Waals surface area contributed by atoms with Crippen molar-refractivity contribution >= 4 is 5.69 Å². The van der Waals surface area contributed by atoms with E-state index in [4.69, 9.17) is 0 Å². The fourth-order valence-electron chi connectivity index (χ4n) is 2.69. The van der Waals surface area contributed by atoms with Gasteiger partial charge in [0.2, 0.25) is 5.82 Å². The highest BCUT2D eigenvalue weighted by Gasteiger charge is 2.01. The van der Waals surface area contributed by atoms with Crippen LogP contribution in [-0.4, -0.2) is 27.2 Å². The minimum atomic E-state index is 0.635. The molecule has 126 valence electrons. The molecule has 5 nitrogen and oxygen atoms in total. The van der Waals surface area contributed by atoms with Crippen LogP contribution in [0.4, 0.5) is 5.69 Å². The summed E-state index contributed by atoms with van der Waals surface area (Å²) in [5.41, 5.74) is 2.13. The van der Waals surface area contributed by atoms with Crippen LogP contribution >= 0.6 is 0 Å². The third kappa shape index (κ3) is 6.80. The van der Waals surface area contributed by atoms with Gasteiger partial charge in [0.05, 0.1) is 0 Å². The summed E-state index contributed by atoms with van der Waals surface area (Å²) in [6, 6.07) is 8.17. The molecule has 0 spiro atoms. The van der Waals surface area contributed by atoms with E-state index < -0.39 is 0 Å². The van der Waals surface area contributed by atoms with E-state index in [1.54, 1.807) is 0 Å². The van der Waals surface area contributed by atoms with Crippen LogP contribution < -0.4 is 5.32 Å². The molecule has 0 saturated carbocycles. The summed E-state index contributed by atoms with van der Waals surface area (Å²) in [5, 5.41) is 17.5. The lowest BCUT2D eigenvalue weighted by Gasteiger charge is -2.07. The van der Waals surface area contributed by atoms with E-state index in [2.05, 4.69) is 45.0 Å². The number of H-pyrrole nitrogens is 1. The smallest absolute Gasteiger partial charge is 0.204 e. The molecule has 0 aliphatic heterocycles. The number of hydrogen-bond acceptors (Lipinski definition) is 4. The third-order valence-corrected chi connectivity index (χ3v) is 4.10. The van der Waals surface area contributed by atoms with Crippen molar-refractivity contribution in [3.05, 3.63) is 24.3 Å². The van der Waals surface area contributed by atoms with Crippen LogP contribution in [0.1, 0.15) is 64.7 Å². The van der Waals surface area contributed by atoms with Gasteiger partial charge in [0.15, 0.2) is 0 Å². The van der Waals surface area contributed by atoms with Gasteiger partial charge in [-0.25, -0.2) is 0 Å². The number of tetrazole rings is 1. The number of nitrogens with zero attached hydrogens (tertiary/aromatic N) is 3. The second kappa shape index (κ2) is 10.8. The molecule has 0 atom stereocenters. The van der Waals surface area contributed by atoms with Crippen molar-refractivity contribution in [3.8, 4) is 11.4 Å². The number of aromatic nitrogens is 4. The van der Waals surface area contributed by atoms with E-state index in [0.717, 1.165) is 17.8 Å². The maximum Gasteiger partial charge on any atom is 0.204 e. The molecule has 2 N–H and O–H groups in total. The summed E-state index contributed by atoms with van der Waals surface area (Å²) in [7, 11) is 0. The number of rotatable bonds is 12. The van der Waals surface area contributed by atoms with Gasteiger partial charge in [0.25, 0.3) is 0 Å². The molecule has 0 aliphatic carbocycles. The second-order valence-electron chi connectivity index (χ2n) is 6.07. The zero-order chi connectivity index (χ0) is 16.2. The number of unbranched alkanes of at least 4 members (excludes halogenated alkanes) is 8. The number of aromatic amines is 1. The Morgan fingerprint density at radius 3 is 2.13 bits per heavy atom. The Hall–Kier alpha value is -1.91. The average Bonchev–Trinajstić information content (AvgIpc) is 3.12. The first kappa shape index (κ1) is 17.4. The molecule has 0 fully saturated rings. The molecule has 0 radical (unpaired) electrons. The van der Waals surface area contributed by atoms with Crippen molar-refractivity contribution in [2.24, 2.45) is 0 Å². The van der Waals surface area contributed by atoms with E-state index in [9.17, 15) is 0 Å². The number of nitrogens with one attached hydrogen (secondary N) is 2. The molecular formula is C18H29N5. The van der Waals surface area contributed by atoms with E-state index in [1.165, 1.54) is 57.8 Å². The van der Waals surface area contributed by atoms with Crippen LogP contribution in [-0.2, 0) is 0 Å². The minimum Gasteiger partial charge on any atom is -0.385 e. The van der Waals surface area contributed by atoms with Gasteiger partial charge in [-0.05, 0) is 35.9 Å². The van der Waals surface area contributed by atoms with Crippen molar-refractivity contribution in [1.82, 2.24) is 20.6 Å². The van der Waals surface area contributed by atoms with Crippen molar-refractivity contribution in [3.63, 3.8) is 0 Å². The Bertz CT molecular complexity index is 507. The lowest BCUT2D eigenvalue weighted by atomic mass is 10.1. The Kier molecular flexibility index (Phi) is 8.16. The Labute approximate surface area is 139 Å². The standard InChI is InChI=1S/C18H29N5/c1-2-3-4-5-6-7-8-9-10-15-19-17-13-11-16(12-14-17)18-20-22-23-21-18/h11-14,19H,2-10,15H2,1H3,(H,20,21,22,23). The molecule has 23 heavy (non-hydrogen) atoms. The maximum atomic E-state index is 3.98. The van der Waals surface area contributed by atoms with Gasteiger partial charge >= 0.3 is 0 Å². The fraction of sp³-hybridized carbons (Fsp3) is 0.611. The van der Waals surface area contributed by atoms with Crippen molar-refractivity contribution in [2.75, 3.05) is 11.9 Å². The van der Waals surface area contributed by atoms with E-state index in [1.807, 2.05) is 12.1 Å². The molecule has 2 aromatic rings. The van der Waals surface area contributed by atoms with Gasteiger partial charge in [-0.2, -0.15) is 5.21 Å². The molecule has 5 heteroatoms. The fourth-order valence-corrected chi connectivity index (χ4v) is 2.69. The van der Waals surface area contributed by atoms with Gasteiger partial charge in [-0.1, -0.05) is 58.3 Å². The van der Waals surface area contributed by atoms with Crippen molar-refractivity contribution in [2.45, 2.75) is 64.7 Å². The molecule has 0 saturated heterocycles. The zero-order valence-electron chi connectivity index (χ0n) is 14.2. The van der Waals surface area contributed by atoms with Crippen LogP contribution in [0.5, 0.6) is 0 Å². The lowest BCUT2D eigenvalue weighted by molar-refractivity contribution is 0.569. The summed E-state index contributed by atoms with van der Waals surface area (Å²) in [5.74, 6) is 0.635. The Morgan fingerprint density at radius 2 is 1.52 bits per heavy atom. The van der Waals surface area contributed by atoms with E-state index in [-0.39, 0.29) is 0 Å². The average molecular weight is 315 g/mol. The number of anilines is 1. The number of hydrogen-bond donors (Lipinski definition) is 2. The third-order valence-electron chi connectivity index (χ3n) is 4.10. The largest absolute Gasteiger partial charge is 0.385 e. The maximum absolute atomic E-state index is 3.98. The molecule has 1 aromatic carbocycles. The molecular weight excluding hydrogens is 286 g/mol. The summed E-state index contributed by atoms with van der Waals surface area (Å²) in [4.78, 5) is 0. The highest BCUT2D eigenvalue weighted by Crippen LogP contribution is 2.17. The molecule has 0 amide bonds. The van der Waals surface area contributed by atoms with Crippen LogP contribution in [0, 0.1) is 0 Å². The summed E-state index contributed by atoms with van der Waals surface area (Å²) < 4.78 is 0. The lowest BCUT2D eigenvalue weighted by Crippen LogP contribution is -2.01. The zero-order valence-corrected chi connectivity index (χ0v) is 14.2. The highest BCUT2D eigenvalue weighted by molar-refractivity contribution is 5.58. The molecule has 1 heterocycles. The second-order valence-corrected chi connectivity index (χ2v) is 6.07. The first-order valence-corrected chi connectivity index (χ1v) is 8.98. The van der Waals surface area contributed by atoms with Gasteiger partial charge < -0.3 is 5.32 Å². The summed E-state index contributed by atoms with van der Waals surface area (Å²) >= 11 is 0. The SMILES string of the molecule is CCCCCCCCCCCNc1ccc(-c2nn[nH]n2)cc1. The van der Waals surface area contributed by atoms with Gasteiger partial charge in [-0.3, -0.25) is 0 Å². The monoisotopic (exact) mass is 315 g/mol. The van der Waals surface area contributed by atoms with Gasteiger partial charge in [0.1, 0.15) is 0 Å². The Balaban J connectivity index is 1.51. The molecule has 0 bridgehead atoms. The minimum absolute atomic E-state index is 0.635. The van der Waals surface area contributed by atoms with Crippen LogP contribution in [0.25, 0.3) is 11.4 Å². The van der Waals surface area contributed by atoms with E-state index >= 15 is 0 Å². The topological polar surface area (TPSA) is 66.5 Å². The van der Waals surface area contributed by atoms with E-state index in [0.29, 0.717) is 5.82 Å². The molecule has 0 aliphatic rings.